The standard InChI is InChI=1S/C65H58N4S2/c1-35-27-38(4)58(39(5)28-35)62-52-19-17-50(66-52)61(46-15-10-13-44-33-45-14-11-16-47(49(45)34-48(44)46)65-70-25-12-26-71-65)51-18-20-53(67-51)63(59-40(6)29-36(2)30-41(59)7)55-22-24-57(69-55)64(56-23-21-54(62)68-56)60-42(8)31-37(3)32-43(60)9/h10-11,13-24,27-34,65-66,69H,12,25-26H2,1-9H3. The van der Waals surface area contributed by atoms with Crippen LogP contribution in [0.15, 0.2) is 109 Å². The number of hydrogen-bond acceptors (Lipinski definition) is 4. The zero-order chi connectivity index (χ0) is 48.8. The lowest BCUT2D eigenvalue weighted by Crippen LogP contribution is -2.00. The molecule has 3 aromatic heterocycles. The number of nitrogens with one attached hydrogen (secondary N) is 2. The van der Waals surface area contributed by atoms with Crippen molar-refractivity contribution in [1.29, 1.82) is 0 Å². The number of hydrogen-bond donors (Lipinski definition) is 2. The Morgan fingerprint density at radius 3 is 1.21 bits per heavy atom. The first kappa shape index (κ1) is 45.3. The molecule has 350 valence electrons. The predicted octanol–water partition coefficient (Wildman–Crippen LogP) is 18.3. The fourth-order valence-electron chi connectivity index (χ4n) is 12.2. The van der Waals surface area contributed by atoms with Gasteiger partial charge >= 0.3 is 0 Å². The average molecular weight is 959 g/mol. The third-order valence-corrected chi connectivity index (χ3v) is 17.8. The zero-order valence-corrected chi connectivity index (χ0v) is 43.7. The van der Waals surface area contributed by atoms with Gasteiger partial charge in [-0.3, -0.25) is 0 Å². The smallest absolute Gasteiger partial charge is 0.0757 e. The molecule has 3 aliphatic rings. The van der Waals surface area contributed by atoms with Gasteiger partial charge in [0.2, 0.25) is 0 Å². The molecule has 4 nitrogen and oxygen atoms in total. The molecule has 12 rings (SSSR count). The molecule has 0 aliphatic carbocycles. The average Bonchev–Trinajstić information content (AvgIpc) is 4.19. The molecule has 0 radical (unpaired) electrons. The van der Waals surface area contributed by atoms with Crippen LogP contribution >= 0.6 is 23.5 Å². The van der Waals surface area contributed by atoms with E-state index in [1.54, 1.807) is 0 Å². The van der Waals surface area contributed by atoms with Gasteiger partial charge < -0.3 is 9.97 Å². The molecular formula is C65H58N4S2. The topological polar surface area (TPSA) is 57.4 Å². The lowest BCUT2D eigenvalue weighted by Gasteiger charge is -2.23. The SMILES string of the molecule is Cc1cc(C)c(-c2c3nc(c(-c4c(C)cc(C)cc4C)c4ccc([nH]4)c(-c4cccc5cc6cccc(C7SCCCS7)c6cc45)c4nc(c(-c5c(C)cc(C)cc5C)c5ccc2[nH]5)C=C4)C=C3)c(C)c1. The van der Waals surface area contributed by atoms with E-state index in [0.29, 0.717) is 4.58 Å². The third kappa shape index (κ3) is 7.87. The monoisotopic (exact) mass is 958 g/mol. The molecule has 2 N–H and O–H groups in total. The van der Waals surface area contributed by atoms with Gasteiger partial charge in [-0.05, 0) is 224 Å². The van der Waals surface area contributed by atoms with Gasteiger partial charge in [-0.15, -0.1) is 23.5 Å². The molecule has 0 saturated carbocycles. The summed E-state index contributed by atoms with van der Waals surface area (Å²) in [6.45, 7) is 20.0. The fourth-order valence-corrected chi connectivity index (χ4v) is 15.1. The van der Waals surface area contributed by atoms with Crippen LogP contribution in [-0.4, -0.2) is 31.4 Å². The molecular weight excluding hydrogens is 901 g/mol. The maximum Gasteiger partial charge on any atom is 0.0757 e. The number of aromatic amines is 2. The second kappa shape index (κ2) is 17.8. The lowest BCUT2D eigenvalue weighted by molar-refractivity contribution is 1.10. The summed E-state index contributed by atoms with van der Waals surface area (Å²) in [5, 5.41) is 5.03. The summed E-state index contributed by atoms with van der Waals surface area (Å²) in [5.74, 6) is 2.40. The molecule has 0 atom stereocenters. The van der Waals surface area contributed by atoms with Crippen molar-refractivity contribution in [3.05, 3.63) is 188 Å². The van der Waals surface area contributed by atoms with Gasteiger partial charge in [-0.1, -0.05) is 89.5 Å². The van der Waals surface area contributed by atoms with Crippen LogP contribution < -0.4 is 0 Å². The van der Waals surface area contributed by atoms with Gasteiger partial charge in [0, 0.05) is 44.3 Å². The van der Waals surface area contributed by atoms with Gasteiger partial charge in [0.25, 0.3) is 0 Å². The van der Waals surface area contributed by atoms with Crippen LogP contribution in [0.5, 0.6) is 0 Å². The van der Waals surface area contributed by atoms with Gasteiger partial charge in [0.15, 0.2) is 0 Å². The number of nitrogens with zero attached hydrogens (tertiary/aromatic N) is 2. The van der Waals surface area contributed by atoms with E-state index in [4.69, 9.17) is 9.97 Å². The Balaban J connectivity index is 1.26. The predicted molar refractivity (Wildman–Crippen MR) is 311 cm³/mol. The summed E-state index contributed by atoms with van der Waals surface area (Å²) in [4.78, 5) is 19.6. The summed E-state index contributed by atoms with van der Waals surface area (Å²) >= 11 is 4.17. The molecule has 0 unspecified atom stereocenters. The molecule has 9 aromatic rings. The second-order valence-electron chi connectivity index (χ2n) is 20.2. The van der Waals surface area contributed by atoms with Crippen LogP contribution in [0.1, 0.15) is 89.4 Å². The Bertz CT molecular complexity index is 3840. The first-order chi connectivity index (χ1) is 34.4. The van der Waals surface area contributed by atoms with Gasteiger partial charge in [0.05, 0.1) is 27.4 Å². The Labute approximate surface area is 425 Å². The maximum atomic E-state index is 5.78. The molecule has 8 bridgehead atoms. The van der Waals surface area contributed by atoms with E-state index in [-0.39, 0.29) is 0 Å². The van der Waals surface area contributed by atoms with Crippen LogP contribution in [0, 0.1) is 62.3 Å². The third-order valence-electron chi connectivity index (χ3n) is 14.8. The highest BCUT2D eigenvalue weighted by atomic mass is 32.2. The molecule has 6 heterocycles. The van der Waals surface area contributed by atoms with E-state index < -0.39 is 0 Å². The zero-order valence-electron chi connectivity index (χ0n) is 42.1. The summed E-state index contributed by atoms with van der Waals surface area (Å²) in [6, 6.07) is 41.4. The minimum atomic E-state index is 0.417. The van der Waals surface area contributed by atoms with Gasteiger partial charge in [-0.25, -0.2) is 9.97 Å². The minimum Gasteiger partial charge on any atom is -0.354 e. The Morgan fingerprint density at radius 2 is 0.775 bits per heavy atom. The van der Waals surface area contributed by atoms with Crippen molar-refractivity contribution >= 4 is 91.4 Å². The number of H-pyrrole nitrogens is 2. The van der Waals surface area contributed by atoms with Crippen molar-refractivity contribution in [2.45, 2.75) is 73.3 Å². The summed E-state index contributed by atoms with van der Waals surface area (Å²) in [5.41, 5.74) is 29.3. The van der Waals surface area contributed by atoms with Crippen molar-refractivity contribution < 1.29 is 0 Å². The van der Waals surface area contributed by atoms with Gasteiger partial charge in [0.1, 0.15) is 0 Å². The van der Waals surface area contributed by atoms with Crippen molar-refractivity contribution in [2.24, 2.45) is 0 Å². The van der Waals surface area contributed by atoms with E-state index in [1.165, 1.54) is 112 Å². The highest BCUT2D eigenvalue weighted by Crippen LogP contribution is 2.48. The number of aromatic nitrogens is 4. The molecule has 0 spiro atoms. The normalized spacial score (nSPS) is 13.8. The molecule has 6 aromatic carbocycles. The van der Waals surface area contributed by atoms with Gasteiger partial charge in [-0.2, -0.15) is 0 Å². The second-order valence-corrected chi connectivity index (χ2v) is 22.9. The summed E-state index contributed by atoms with van der Waals surface area (Å²) in [7, 11) is 0. The quantitative estimate of drug-likeness (QED) is 0.169. The van der Waals surface area contributed by atoms with Crippen LogP contribution in [0.2, 0.25) is 0 Å². The Kier molecular flexibility index (Phi) is 11.3. The van der Waals surface area contributed by atoms with Crippen molar-refractivity contribution in [3.63, 3.8) is 0 Å². The van der Waals surface area contributed by atoms with E-state index in [2.05, 4.69) is 229 Å². The number of benzene rings is 6. The van der Waals surface area contributed by atoms with E-state index in [9.17, 15) is 0 Å². The lowest BCUT2D eigenvalue weighted by atomic mass is 9.92. The highest BCUT2D eigenvalue weighted by Gasteiger charge is 2.24. The van der Waals surface area contributed by atoms with Crippen molar-refractivity contribution in [3.8, 4) is 44.5 Å². The molecule has 1 fully saturated rings. The molecule has 6 heteroatoms. The van der Waals surface area contributed by atoms with Crippen molar-refractivity contribution in [2.75, 3.05) is 11.5 Å². The fraction of sp³-hybridized carbons (Fsp3) is 0.200. The molecule has 71 heavy (non-hydrogen) atoms. The van der Waals surface area contributed by atoms with E-state index >= 15 is 0 Å². The minimum absolute atomic E-state index is 0.417. The van der Waals surface area contributed by atoms with Crippen LogP contribution in [0.3, 0.4) is 0 Å². The Morgan fingerprint density at radius 1 is 0.394 bits per heavy atom. The van der Waals surface area contributed by atoms with Crippen molar-refractivity contribution in [1.82, 2.24) is 19.9 Å². The van der Waals surface area contributed by atoms with E-state index in [0.717, 1.165) is 72.7 Å². The molecule has 0 amide bonds. The van der Waals surface area contributed by atoms with Crippen LogP contribution in [0.4, 0.5) is 0 Å². The van der Waals surface area contributed by atoms with Crippen LogP contribution in [0.25, 0.3) is 112 Å². The number of aryl methyl sites for hydroxylation is 9. The summed E-state index contributed by atoms with van der Waals surface area (Å²) in [6.07, 6.45) is 10.2. The number of thioether (sulfide) groups is 2. The molecule has 1 saturated heterocycles. The largest absolute Gasteiger partial charge is 0.354 e. The number of rotatable bonds is 5. The Hall–Kier alpha value is -6.86. The first-order valence-electron chi connectivity index (χ1n) is 25.0. The maximum absolute atomic E-state index is 5.78. The highest BCUT2D eigenvalue weighted by molar-refractivity contribution is 8.16. The summed E-state index contributed by atoms with van der Waals surface area (Å²) < 4.78 is 0.417. The van der Waals surface area contributed by atoms with E-state index in [1.807, 2.05) is 0 Å². The molecule has 3 aliphatic heterocycles. The number of fused-ring (bicyclic) bond motifs is 10. The first-order valence-corrected chi connectivity index (χ1v) is 27.1. The van der Waals surface area contributed by atoms with Crippen LogP contribution in [-0.2, 0) is 0 Å².